The van der Waals surface area contributed by atoms with Crippen LogP contribution >= 0.6 is 0 Å². The second kappa shape index (κ2) is 6.17. The van der Waals surface area contributed by atoms with Crippen LogP contribution in [0.1, 0.15) is 70.5 Å². The zero-order valence-corrected chi connectivity index (χ0v) is 13.6. The van der Waals surface area contributed by atoms with E-state index < -0.39 is 0 Å². The molecule has 0 amide bonds. The fourth-order valence-electron chi connectivity index (χ4n) is 3.82. The molecule has 0 aromatic heterocycles. The maximum atomic E-state index is 6.35. The number of hydrogen-bond donors (Lipinski definition) is 1. The summed E-state index contributed by atoms with van der Waals surface area (Å²) in [5, 5.41) is 0. The van der Waals surface area contributed by atoms with Gasteiger partial charge in [-0.15, -0.1) is 0 Å². The SMILES string of the molecule is CCN(CC)c1ccc2c(c1)C(CC)(CC)CCC2N. The average molecular weight is 274 g/mol. The lowest BCUT2D eigenvalue weighted by molar-refractivity contribution is 0.315. The molecule has 20 heavy (non-hydrogen) atoms. The zero-order chi connectivity index (χ0) is 14.8. The molecule has 112 valence electrons. The number of benzene rings is 1. The van der Waals surface area contributed by atoms with Gasteiger partial charge in [-0.05, 0) is 68.2 Å². The molecule has 0 saturated heterocycles. The van der Waals surface area contributed by atoms with E-state index in [1.54, 1.807) is 0 Å². The van der Waals surface area contributed by atoms with E-state index in [1.165, 1.54) is 36.1 Å². The number of nitrogens with two attached hydrogens (primary N) is 1. The van der Waals surface area contributed by atoms with Crippen molar-refractivity contribution in [3.05, 3.63) is 29.3 Å². The highest BCUT2D eigenvalue weighted by atomic mass is 15.1. The van der Waals surface area contributed by atoms with E-state index >= 15 is 0 Å². The quantitative estimate of drug-likeness (QED) is 0.863. The predicted octanol–water partition coefficient (Wildman–Crippen LogP) is 4.38. The Bertz CT molecular complexity index is 445. The third-order valence-corrected chi connectivity index (χ3v) is 5.42. The van der Waals surface area contributed by atoms with Crippen LogP contribution in [0.25, 0.3) is 0 Å². The molecule has 2 heteroatoms. The van der Waals surface area contributed by atoms with Gasteiger partial charge in [-0.25, -0.2) is 0 Å². The van der Waals surface area contributed by atoms with Crippen molar-refractivity contribution in [2.24, 2.45) is 5.73 Å². The molecular weight excluding hydrogens is 244 g/mol. The van der Waals surface area contributed by atoms with Crippen LogP contribution in [0.5, 0.6) is 0 Å². The number of rotatable bonds is 5. The molecule has 0 aliphatic heterocycles. The maximum Gasteiger partial charge on any atom is 0.0369 e. The van der Waals surface area contributed by atoms with E-state index in [4.69, 9.17) is 5.73 Å². The van der Waals surface area contributed by atoms with Gasteiger partial charge in [-0.1, -0.05) is 19.9 Å². The minimum atomic E-state index is 0.224. The van der Waals surface area contributed by atoms with Gasteiger partial charge < -0.3 is 10.6 Å². The summed E-state index contributed by atoms with van der Waals surface area (Å²) in [6.45, 7) is 11.2. The summed E-state index contributed by atoms with van der Waals surface area (Å²) < 4.78 is 0. The summed E-state index contributed by atoms with van der Waals surface area (Å²) in [6.07, 6.45) is 4.78. The third-order valence-electron chi connectivity index (χ3n) is 5.42. The number of fused-ring (bicyclic) bond motifs is 1. The Morgan fingerprint density at radius 1 is 1.15 bits per heavy atom. The molecule has 1 unspecified atom stereocenters. The molecule has 1 aromatic carbocycles. The maximum absolute atomic E-state index is 6.35. The Morgan fingerprint density at radius 3 is 2.35 bits per heavy atom. The van der Waals surface area contributed by atoms with Crippen LogP contribution in [-0.4, -0.2) is 13.1 Å². The lowest BCUT2D eigenvalue weighted by Crippen LogP contribution is -2.34. The summed E-state index contributed by atoms with van der Waals surface area (Å²) in [7, 11) is 0. The predicted molar refractivity (Wildman–Crippen MR) is 88.4 cm³/mol. The van der Waals surface area contributed by atoms with Crippen molar-refractivity contribution in [1.82, 2.24) is 0 Å². The third kappa shape index (κ3) is 2.46. The first kappa shape index (κ1) is 15.4. The van der Waals surface area contributed by atoms with Crippen LogP contribution in [0.2, 0.25) is 0 Å². The van der Waals surface area contributed by atoms with Crippen molar-refractivity contribution in [2.75, 3.05) is 18.0 Å². The first-order valence-corrected chi connectivity index (χ1v) is 8.26. The van der Waals surface area contributed by atoms with Gasteiger partial charge in [-0.3, -0.25) is 0 Å². The van der Waals surface area contributed by atoms with Crippen LogP contribution in [0, 0.1) is 0 Å². The minimum Gasteiger partial charge on any atom is -0.372 e. The first-order chi connectivity index (χ1) is 9.61. The van der Waals surface area contributed by atoms with Gasteiger partial charge in [0.05, 0.1) is 0 Å². The summed E-state index contributed by atoms with van der Waals surface area (Å²) in [6, 6.07) is 7.19. The first-order valence-electron chi connectivity index (χ1n) is 8.26. The fraction of sp³-hybridized carbons (Fsp3) is 0.667. The topological polar surface area (TPSA) is 29.3 Å². The van der Waals surface area contributed by atoms with E-state index in [1.807, 2.05) is 0 Å². The molecule has 2 nitrogen and oxygen atoms in total. The molecule has 0 heterocycles. The van der Waals surface area contributed by atoms with Crippen molar-refractivity contribution in [1.29, 1.82) is 0 Å². The highest BCUT2D eigenvalue weighted by molar-refractivity contribution is 5.54. The van der Waals surface area contributed by atoms with Crippen LogP contribution in [-0.2, 0) is 5.41 Å². The highest BCUT2D eigenvalue weighted by Gasteiger charge is 2.36. The van der Waals surface area contributed by atoms with Gasteiger partial charge in [0.2, 0.25) is 0 Å². The second-order valence-electron chi connectivity index (χ2n) is 6.08. The van der Waals surface area contributed by atoms with Crippen LogP contribution in [0.15, 0.2) is 18.2 Å². The normalized spacial score (nSPS) is 20.6. The molecule has 2 rings (SSSR count). The van der Waals surface area contributed by atoms with Crippen molar-refractivity contribution in [3.63, 3.8) is 0 Å². The second-order valence-corrected chi connectivity index (χ2v) is 6.08. The van der Waals surface area contributed by atoms with E-state index in [-0.39, 0.29) is 6.04 Å². The molecule has 0 spiro atoms. The molecule has 0 saturated carbocycles. The van der Waals surface area contributed by atoms with Crippen LogP contribution in [0.3, 0.4) is 0 Å². The van der Waals surface area contributed by atoms with Gasteiger partial charge in [0, 0.05) is 24.8 Å². The zero-order valence-electron chi connectivity index (χ0n) is 13.6. The van der Waals surface area contributed by atoms with Gasteiger partial charge in [0.15, 0.2) is 0 Å². The summed E-state index contributed by atoms with van der Waals surface area (Å²) in [5.74, 6) is 0. The monoisotopic (exact) mass is 274 g/mol. The van der Waals surface area contributed by atoms with Gasteiger partial charge in [0.25, 0.3) is 0 Å². The molecule has 1 aliphatic rings. The van der Waals surface area contributed by atoms with Crippen LogP contribution in [0.4, 0.5) is 5.69 Å². The Hall–Kier alpha value is -1.02. The van der Waals surface area contributed by atoms with Gasteiger partial charge >= 0.3 is 0 Å². The smallest absolute Gasteiger partial charge is 0.0369 e. The largest absolute Gasteiger partial charge is 0.372 e. The molecule has 1 aromatic rings. The van der Waals surface area contributed by atoms with Crippen molar-refractivity contribution < 1.29 is 0 Å². The Morgan fingerprint density at radius 2 is 1.80 bits per heavy atom. The number of anilines is 1. The van der Waals surface area contributed by atoms with E-state index in [2.05, 4.69) is 50.8 Å². The van der Waals surface area contributed by atoms with Crippen molar-refractivity contribution in [3.8, 4) is 0 Å². The average Bonchev–Trinajstić information content (AvgIpc) is 2.50. The Balaban J connectivity index is 2.52. The molecular formula is C18H30N2. The van der Waals surface area contributed by atoms with Gasteiger partial charge in [-0.2, -0.15) is 0 Å². The minimum absolute atomic E-state index is 0.224. The lowest BCUT2D eigenvalue weighted by Gasteiger charge is -2.41. The number of hydrogen-bond acceptors (Lipinski definition) is 2. The highest BCUT2D eigenvalue weighted by Crippen LogP contribution is 2.46. The molecule has 2 N–H and O–H groups in total. The molecule has 1 atom stereocenters. The summed E-state index contributed by atoms with van der Waals surface area (Å²) >= 11 is 0. The van der Waals surface area contributed by atoms with E-state index in [9.17, 15) is 0 Å². The molecule has 0 radical (unpaired) electrons. The van der Waals surface area contributed by atoms with Crippen molar-refractivity contribution >= 4 is 5.69 Å². The lowest BCUT2D eigenvalue weighted by atomic mass is 9.65. The van der Waals surface area contributed by atoms with Gasteiger partial charge in [0.1, 0.15) is 0 Å². The van der Waals surface area contributed by atoms with Crippen molar-refractivity contribution in [2.45, 2.75) is 64.8 Å². The summed E-state index contributed by atoms with van der Waals surface area (Å²) in [4.78, 5) is 2.43. The van der Waals surface area contributed by atoms with Crippen LogP contribution < -0.4 is 10.6 Å². The molecule has 0 fully saturated rings. The fourth-order valence-corrected chi connectivity index (χ4v) is 3.82. The Kier molecular flexibility index (Phi) is 4.74. The number of nitrogens with zero attached hydrogens (tertiary/aromatic N) is 1. The van der Waals surface area contributed by atoms with E-state index in [0.29, 0.717) is 5.41 Å². The van der Waals surface area contributed by atoms with E-state index in [0.717, 1.165) is 19.5 Å². The standard InChI is InChI=1S/C18H30N2/c1-5-18(6-2)12-11-17(19)15-10-9-14(13-16(15)18)20(7-3)8-4/h9-10,13,17H,5-8,11-12,19H2,1-4H3. The summed E-state index contributed by atoms with van der Waals surface area (Å²) in [5.41, 5.74) is 11.0. The Labute approximate surface area is 124 Å². The molecule has 1 aliphatic carbocycles. The molecule has 0 bridgehead atoms.